The van der Waals surface area contributed by atoms with Crippen LogP contribution in [0.2, 0.25) is 0 Å². The molecule has 10 heteroatoms. The highest BCUT2D eigenvalue weighted by Gasteiger charge is 2.42. The average Bonchev–Trinajstić information content (AvgIpc) is 3.31. The molecule has 0 amide bonds. The third-order valence-electron chi connectivity index (χ3n) is 6.01. The first-order valence-corrected chi connectivity index (χ1v) is 11.1. The van der Waals surface area contributed by atoms with Crippen molar-refractivity contribution < 1.29 is 18.9 Å². The Kier molecular flexibility index (Phi) is 8.15. The normalized spacial score (nSPS) is 29.2. The van der Waals surface area contributed by atoms with E-state index in [2.05, 4.69) is 9.98 Å². The van der Waals surface area contributed by atoms with Crippen LogP contribution in [0.5, 0.6) is 0 Å². The van der Waals surface area contributed by atoms with Gasteiger partial charge < -0.3 is 41.9 Å². The third-order valence-corrected chi connectivity index (χ3v) is 6.01. The largest absolute Gasteiger partial charge is 0.370 e. The van der Waals surface area contributed by atoms with E-state index >= 15 is 0 Å². The minimum atomic E-state index is -0.318. The second-order valence-corrected chi connectivity index (χ2v) is 8.58. The number of nitrogens with zero attached hydrogens (tertiary/aromatic N) is 2. The number of guanidine groups is 2. The molecular formula is C20H38N6O4. The van der Waals surface area contributed by atoms with Gasteiger partial charge in [0.25, 0.3) is 0 Å². The number of aliphatic imine (C=N–C) groups is 2. The molecule has 2 heterocycles. The van der Waals surface area contributed by atoms with Gasteiger partial charge in [-0.1, -0.05) is 12.8 Å². The van der Waals surface area contributed by atoms with E-state index in [9.17, 15) is 0 Å². The Balaban J connectivity index is 0.000000171. The van der Waals surface area contributed by atoms with Crippen molar-refractivity contribution >= 4 is 11.9 Å². The summed E-state index contributed by atoms with van der Waals surface area (Å²) in [6, 6.07) is 0. The maximum atomic E-state index is 5.90. The van der Waals surface area contributed by atoms with Crippen molar-refractivity contribution in [1.29, 1.82) is 0 Å². The summed E-state index contributed by atoms with van der Waals surface area (Å²) in [4.78, 5) is 7.90. The third kappa shape index (κ3) is 6.69. The number of nitrogens with two attached hydrogens (primary N) is 4. The molecular weight excluding hydrogens is 388 g/mol. The number of rotatable bonds is 4. The Morgan fingerprint density at radius 1 is 0.633 bits per heavy atom. The van der Waals surface area contributed by atoms with Gasteiger partial charge in [0.15, 0.2) is 23.5 Å². The molecule has 2 spiro atoms. The van der Waals surface area contributed by atoms with E-state index in [4.69, 9.17) is 41.9 Å². The van der Waals surface area contributed by atoms with Crippen LogP contribution < -0.4 is 22.9 Å². The minimum Gasteiger partial charge on any atom is -0.370 e. The van der Waals surface area contributed by atoms with Crippen LogP contribution in [-0.4, -0.2) is 62.0 Å². The Morgan fingerprint density at radius 2 is 1.00 bits per heavy atom. The van der Waals surface area contributed by atoms with Gasteiger partial charge in [-0.3, -0.25) is 9.98 Å². The van der Waals surface area contributed by atoms with Crippen LogP contribution in [-0.2, 0) is 18.9 Å². The number of hydrogen-bond acceptors (Lipinski definition) is 6. The van der Waals surface area contributed by atoms with E-state index in [1.54, 1.807) is 0 Å². The van der Waals surface area contributed by atoms with Gasteiger partial charge in [0, 0.05) is 25.7 Å². The molecule has 10 nitrogen and oxygen atoms in total. The molecule has 4 rings (SSSR count). The summed E-state index contributed by atoms with van der Waals surface area (Å²) in [5, 5.41) is 0. The first-order valence-electron chi connectivity index (χ1n) is 11.1. The molecule has 172 valence electrons. The Morgan fingerprint density at radius 3 is 1.33 bits per heavy atom. The van der Waals surface area contributed by atoms with Crippen molar-refractivity contribution in [2.45, 2.75) is 88.0 Å². The van der Waals surface area contributed by atoms with E-state index in [-0.39, 0.29) is 35.7 Å². The van der Waals surface area contributed by atoms with Crippen LogP contribution in [0.1, 0.15) is 64.2 Å². The lowest BCUT2D eigenvalue weighted by Gasteiger charge is -2.31. The Labute approximate surface area is 178 Å². The van der Waals surface area contributed by atoms with E-state index in [1.165, 1.54) is 38.5 Å². The van der Waals surface area contributed by atoms with Crippen LogP contribution in [0.3, 0.4) is 0 Å². The highest BCUT2D eigenvalue weighted by molar-refractivity contribution is 5.75. The van der Waals surface area contributed by atoms with E-state index < -0.39 is 0 Å². The standard InChI is InChI=1S/2C10H19N3O2/c2*11-9(12)13-6-8-7-14-10(15-8)4-2-1-3-5-10/h2*8H,1-7H2,(H4,11,12,13). The summed E-state index contributed by atoms with van der Waals surface area (Å²) >= 11 is 0. The molecule has 8 N–H and O–H groups in total. The average molecular weight is 427 g/mol. The van der Waals surface area contributed by atoms with E-state index in [0.29, 0.717) is 26.3 Å². The predicted molar refractivity (Wildman–Crippen MR) is 115 cm³/mol. The van der Waals surface area contributed by atoms with Gasteiger partial charge in [0.2, 0.25) is 0 Å². The van der Waals surface area contributed by atoms with Gasteiger partial charge in [-0.05, 0) is 25.7 Å². The highest BCUT2D eigenvalue weighted by Crippen LogP contribution is 2.38. The molecule has 0 aromatic rings. The summed E-state index contributed by atoms with van der Waals surface area (Å²) in [5.41, 5.74) is 21.1. The van der Waals surface area contributed by atoms with Crippen LogP contribution in [0.25, 0.3) is 0 Å². The monoisotopic (exact) mass is 426 g/mol. The molecule has 2 saturated heterocycles. The quantitative estimate of drug-likeness (QED) is 0.376. The van der Waals surface area contributed by atoms with Gasteiger partial charge in [-0.2, -0.15) is 0 Å². The van der Waals surface area contributed by atoms with Crippen LogP contribution in [0.4, 0.5) is 0 Å². The second kappa shape index (κ2) is 10.6. The molecule has 2 aliphatic heterocycles. The Bertz CT molecular complexity index is 542. The van der Waals surface area contributed by atoms with Gasteiger partial charge in [0.1, 0.15) is 12.2 Å². The van der Waals surface area contributed by atoms with Crippen molar-refractivity contribution in [3.05, 3.63) is 0 Å². The van der Waals surface area contributed by atoms with Gasteiger partial charge >= 0.3 is 0 Å². The zero-order valence-corrected chi connectivity index (χ0v) is 17.9. The number of ether oxygens (including phenoxy) is 4. The summed E-state index contributed by atoms with van der Waals surface area (Å²) in [7, 11) is 0. The zero-order chi connectivity index (χ0) is 21.5. The fraction of sp³-hybridized carbons (Fsp3) is 0.900. The first kappa shape index (κ1) is 23.1. The van der Waals surface area contributed by atoms with Gasteiger partial charge in [-0.25, -0.2) is 0 Å². The summed E-state index contributed by atoms with van der Waals surface area (Å²) in [5.74, 6) is -0.407. The first-order chi connectivity index (χ1) is 14.4. The van der Waals surface area contributed by atoms with Gasteiger partial charge in [-0.15, -0.1) is 0 Å². The Hall–Kier alpha value is -1.62. The molecule has 4 fully saturated rings. The van der Waals surface area contributed by atoms with Crippen molar-refractivity contribution in [1.82, 2.24) is 0 Å². The van der Waals surface area contributed by atoms with Crippen molar-refractivity contribution in [3.63, 3.8) is 0 Å². The SMILES string of the molecule is NC(N)=NCC1COC2(CCCCC2)O1.NC(N)=NCC1COC2(CCCCC2)O1. The van der Waals surface area contributed by atoms with Crippen LogP contribution >= 0.6 is 0 Å². The topological polar surface area (TPSA) is 166 Å². The van der Waals surface area contributed by atoms with Crippen LogP contribution in [0, 0.1) is 0 Å². The van der Waals surface area contributed by atoms with E-state index in [0.717, 1.165) is 25.7 Å². The summed E-state index contributed by atoms with van der Waals surface area (Å²) in [6.07, 6.45) is 11.4. The summed E-state index contributed by atoms with van der Waals surface area (Å²) in [6.45, 7) is 2.22. The molecule has 0 bridgehead atoms. The fourth-order valence-electron chi connectivity index (χ4n) is 4.53. The second-order valence-electron chi connectivity index (χ2n) is 8.58. The van der Waals surface area contributed by atoms with Crippen molar-refractivity contribution in [2.24, 2.45) is 32.9 Å². The van der Waals surface area contributed by atoms with Crippen molar-refractivity contribution in [2.75, 3.05) is 26.3 Å². The predicted octanol–water partition coefficient (Wildman–Crippen LogP) is 0.671. The number of hydrogen-bond donors (Lipinski definition) is 4. The summed E-state index contributed by atoms with van der Waals surface area (Å²) < 4.78 is 23.3. The molecule has 0 aromatic heterocycles. The molecule has 30 heavy (non-hydrogen) atoms. The van der Waals surface area contributed by atoms with E-state index in [1.807, 2.05) is 0 Å². The van der Waals surface area contributed by atoms with Gasteiger partial charge in [0.05, 0.1) is 26.3 Å². The molecule has 2 unspecified atom stereocenters. The van der Waals surface area contributed by atoms with Crippen molar-refractivity contribution in [3.8, 4) is 0 Å². The lowest BCUT2D eigenvalue weighted by molar-refractivity contribution is -0.186. The molecule has 0 aromatic carbocycles. The fourth-order valence-corrected chi connectivity index (χ4v) is 4.53. The molecule has 0 radical (unpaired) electrons. The maximum absolute atomic E-state index is 5.90. The minimum absolute atomic E-state index is 0.0187. The molecule has 4 aliphatic rings. The zero-order valence-electron chi connectivity index (χ0n) is 17.9. The lowest BCUT2D eigenvalue weighted by Crippen LogP contribution is -2.34. The molecule has 2 aliphatic carbocycles. The molecule has 2 saturated carbocycles. The lowest BCUT2D eigenvalue weighted by atomic mass is 9.94. The highest BCUT2D eigenvalue weighted by atomic mass is 16.7. The molecule has 2 atom stereocenters. The van der Waals surface area contributed by atoms with Crippen LogP contribution in [0.15, 0.2) is 9.98 Å². The smallest absolute Gasteiger partial charge is 0.186 e. The maximum Gasteiger partial charge on any atom is 0.186 e.